The van der Waals surface area contributed by atoms with Gasteiger partial charge in [-0.1, -0.05) is 18.2 Å². The molecule has 2 nitrogen and oxygen atoms in total. The number of hydrogen-bond acceptors (Lipinski definition) is 2. The monoisotopic (exact) mass is 192 g/mol. The minimum Gasteiger partial charge on any atom is -0.478 e. The van der Waals surface area contributed by atoms with Gasteiger partial charge in [0.05, 0.1) is 0 Å². The molecule has 0 fully saturated rings. The van der Waals surface area contributed by atoms with E-state index < -0.39 is 5.97 Å². The van der Waals surface area contributed by atoms with Crippen molar-refractivity contribution in [3.63, 3.8) is 0 Å². The van der Waals surface area contributed by atoms with Crippen LogP contribution in [0, 0.1) is 0 Å². The van der Waals surface area contributed by atoms with Gasteiger partial charge in [0.2, 0.25) is 0 Å². The van der Waals surface area contributed by atoms with Crippen molar-refractivity contribution in [3.05, 3.63) is 35.4 Å². The highest BCUT2D eigenvalue weighted by Crippen LogP contribution is 2.31. The van der Waals surface area contributed by atoms with Gasteiger partial charge in [-0.2, -0.15) is 0 Å². The van der Waals surface area contributed by atoms with Crippen molar-refractivity contribution in [3.8, 4) is 0 Å². The van der Waals surface area contributed by atoms with Crippen molar-refractivity contribution in [2.75, 3.05) is 5.75 Å². The van der Waals surface area contributed by atoms with Gasteiger partial charge in [0.1, 0.15) is 0 Å². The van der Waals surface area contributed by atoms with Gasteiger partial charge in [-0.05, 0) is 17.7 Å². The highest BCUT2D eigenvalue weighted by molar-refractivity contribution is 7.99. The second kappa shape index (κ2) is 3.26. The second-order valence-electron chi connectivity index (χ2n) is 2.80. The Morgan fingerprint density at radius 3 is 2.92 bits per heavy atom. The van der Waals surface area contributed by atoms with E-state index in [0.29, 0.717) is 11.3 Å². The highest BCUT2D eigenvalue weighted by atomic mass is 32.2. The first-order valence-corrected chi connectivity index (χ1v) is 4.91. The van der Waals surface area contributed by atoms with E-state index >= 15 is 0 Å². The standard InChI is InChI=1S/C10H8O2S/c11-10(12)8-5-7-3-1-2-4-9(7)13-6-8/h1-5H,6H2,(H,11,12). The molecular formula is C10H8O2S. The summed E-state index contributed by atoms with van der Waals surface area (Å²) in [6.45, 7) is 0. The fourth-order valence-corrected chi connectivity index (χ4v) is 2.23. The average molecular weight is 192 g/mol. The fourth-order valence-electron chi connectivity index (χ4n) is 1.24. The summed E-state index contributed by atoms with van der Waals surface area (Å²) in [5.74, 6) is -0.256. The molecule has 0 aliphatic carbocycles. The summed E-state index contributed by atoms with van der Waals surface area (Å²) < 4.78 is 0. The maximum atomic E-state index is 10.7. The van der Waals surface area contributed by atoms with Crippen molar-refractivity contribution in [2.45, 2.75) is 4.90 Å². The summed E-state index contributed by atoms with van der Waals surface area (Å²) in [6.07, 6.45) is 1.74. The number of benzene rings is 1. The van der Waals surface area contributed by atoms with Crippen molar-refractivity contribution in [1.29, 1.82) is 0 Å². The van der Waals surface area contributed by atoms with Crippen LogP contribution in [-0.4, -0.2) is 16.8 Å². The van der Waals surface area contributed by atoms with Crippen LogP contribution in [0.4, 0.5) is 0 Å². The fraction of sp³-hybridized carbons (Fsp3) is 0.100. The lowest BCUT2D eigenvalue weighted by molar-refractivity contribution is -0.132. The van der Waals surface area contributed by atoms with Crippen molar-refractivity contribution >= 4 is 23.8 Å². The van der Waals surface area contributed by atoms with Crippen LogP contribution >= 0.6 is 11.8 Å². The zero-order chi connectivity index (χ0) is 9.26. The molecule has 0 amide bonds. The predicted octanol–water partition coefficient (Wildman–Crippen LogP) is 2.26. The van der Waals surface area contributed by atoms with Crippen LogP contribution in [0.3, 0.4) is 0 Å². The highest BCUT2D eigenvalue weighted by Gasteiger charge is 2.14. The van der Waals surface area contributed by atoms with Crippen molar-refractivity contribution in [2.24, 2.45) is 0 Å². The summed E-state index contributed by atoms with van der Waals surface area (Å²) in [5, 5.41) is 8.78. The molecule has 1 aromatic carbocycles. The molecule has 0 saturated heterocycles. The molecule has 0 radical (unpaired) electrons. The van der Waals surface area contributed by atoms with Gasteiger partial charge < -0.3 is 5.11 Å². The Balaban J connectivity index is 2.44. The van der Waals surface area contributed by atoms with Gasteiger partial charge >= 0.3 is 5.97 Å². The van der Waals surface area contributed by atoms with Crippen molar-refractivity contribution in [1.82, 2.24) is 0 Å². The zero-order valence-electron chi connectivity index (χ0n) is 6.86. The van der Waals surface area contributed by atoms with E-state index in [9.17, 15) is 4.79 Å². The normalized spacial score (nSPS) is 14.6. The molecule has 1 aliphatic heterocycles. The lowest BCUT2D eigenvalue weighted by Gasteiger charge is -2.12. The lowest BCUT2D eigenvalue weighted by Crippen LogP contribution is -2.06. The largest absolute Gasteiger partial charge is 0.478 e. The minimum absolute atomic E-state index is 0.476. The Morgan fingerprint density at radius 1 is 1.38 bits per heavy atom. The third kappa shape index (κ3) is 1.60. The minimum atomic E-state index is -0.818. The van der Waals surface area contributed by atoms with E-state index in [1.54, 1.807) is 17.8 Å². The molecule has 1 N–H and O–H groups in total. The van der Waals surface area contributed by atoms with Gasteiger partial charge in [0.15, 0.2) is 0 Å². The van der Waals surface area contributed by atoms with Crippen LogP contribution in [0.25, 0.3) is 6.08 Å². The van der Waals surface area contributed by atoms with Crippen LogP contribution in [0.15, 0.2) is 34.7 Å². The molecule has 66 valence electrons. The van der Waals surface area contributed by atoms with E-state index in [1.807, 2.05) is 24.3 Å². The summed E-state index contributed by atoms with van der Waals surface area (Å²) in [7, 11) is 0. The topological polar surface area (TPSA) is 37.3 Å². The van der Waals surface area contributed by atoms with Crippen LogP contribution in [-0.2, 0) is 4.79 Å². The quantitative estimate of drug-likeness (QED) is 0.741. The number of aliphatic carboxylic acids is 1. The molecule has 1 heterocycles. The van der Waals surface area contributed by atoms with Gasteiger partial charge in [-0.3, -0.25) is 0 Å². The van der Waals surface area contributed by atoms with Gasteiger partial charge in [0.25, 0.3) is 0 Å². The number of fused-ring (bicyclic) bond motifs is 1. The summed E-state index contributed by atoms with van der Waals surface area (Å²) >= 11 is 1.58. The van der Waals surface area contributed by atoms with E-state index in [1.165, 1.54) is 0 Å². The Bertz CT molecular complexity index is 382. The van der Waals surface area contributed by atoms with Crippen LogP contribution in [0.5, 0.6) is 0 Å². The molecule has 1 aliphatic rings. The summed E-state index contributed by atoms with van der Waals surface area (Å²) in [6, 6.07) is 7.83. The molecule has 13 heavy (non-hydrogen) atoms. The first-order valence-electron chi connectivity index (χ1n) is 3.93. The number of hydrogen-bond donors (Lipinski definition) is 1. The number of carboxylic acids is 1. The molecule has 0 unspecified atom stereocenters. The van der Waals surface area contributed by atoms with E-state index in [0.717, 1.165) is 10.5 Å². The summed E-state index contributed by atoms with van der Waals surface area (Å²) in [4.78, 5) is 11.8. The molecule has 3 heteroatoms. The smallest absolute Gasteiger partial charge is 0.332 e. The lowest BCUT2D eigenvalue weighted by atomic mass is 10.1. The molecule has 0 spiro atoms. The SMILES string of the molecule is O=C(O)C1=Cc2ccccc2SC1. The molecule has 0 aromatic heterocycles. The third-order valence-corrected chi connectivity index (χ3v) is 3.04. The van der Waals surface area contributed by atoms with E-state index in [4.69, 9.17) is 5.11 Å². The molecule has 2 rings (SSSR count). The predicted molar refractivity (Wildman–Crippen MR) is 52.8 cm³/mol. The zero-order valence-corrected chi connectivity index (χ0v) is 7.67. The Kier molecular flexibility index (Phi) is 2.10. The molecular weight excluding hydrogens is 184 g/mol. The third-order valence-electron chi connectivity index (χ3n) is 1.91. The first kappa shape index (κ1) is 8.38. The Labute approximate surface area is 80.3 Å². The second-order valence-corrected chi connectivity index (χ2v) is 3.82. The van der Waals surface area contributed by atoms with Crippen molar-refractivity contribution < 1.29 is 9.90 Å². The van der Waals surface area contributed by atoms with Gasteiger partial charge in [-0.25, -0.2) is 4.79 Å². The Hall–Kier alpha value is -1.22. The maximum Gasteiger partial charge on any atom is 0.332 e. The first-order chi connectivity index (χ1) is 6.27. The molecule has 0 saturated carbocycles. The van der Waals surface area contributed by atoms with Crippen LogP contribution in [0.2, 0.25) is 0 Å². The molecule has 0 bridgehead atoms. The van der Waals surface area contributed by atoms with Crippen LogP contribution in [0.1, 0.15) is 5.56 Å². The van der Waals surface area contributed by atoms with Crippen LogP contribution < -0.4 is 0 Å². The Morgan fingerprint density at radius 2 is 2.15 bits per heavy atom. The van der Waals surface area contributed by atoms with E-state index in [-0.39, 0.29) is 0 Å². The molecule has 1 aromatic rings. The van der Waals surface area contributed by atoms with E-state index in [2.05, 4.69) is 0 Å². The van der Waals surface area contributed by atoms with Gasteiger partial charge in [0, 0.05) is 16.2 Å². The number of thioether (sulfide) groups is 1. The number of rotatable bonds is 1. The summed E-state index contributed by atoms with van der Waals surface area (Å²) in [5.41, 5.74) is 1.49. The number of carboxylic acid groups (broad SMARTS) is 1. The van der Waals surface area contributed by atoms with Gasteiger partial charge in [-0.15, -0.1) is 11.8 Å². The maximum absolute atomic E-state index is 10.7. The average Bonchev–Trinajstić information content (AvgIpc) is 2.17. The number of carbonyl (C=O) groups is 1. The molecule has 0 atom stereocenters.